The normalized spacial score (nSPS) is 23.6. The zero-order valence-corrected chi connectivity index (χ0v) is 15.3. The van der Waals surface area contributed by atoms with Gasteiger partial charge in [-0.05, 0) is 38.5 Å². The molecule has 2 aliphatic rings. The van der Waals surface area contributed by atoms with Crippen LogP contribution in [-0.4, -0.2) is 39.4 Å². The summed E-state index contributed by atoms with van der Waals surface area (Å²) in [4.78, 5) is 27.5. The van der Waals surface area contributed by atoms with E-state index in [2.05, 4.69) is 15.0 Å². The van der Waals surface area contributed by atoms with Crippen LogP contribution in [0, 0.1) is 6.92 Å². The number of carbonyl (C=O) groups excluding carboxylic acids is 1. The largest absolute Gasteiger partial charge is 0.487 e. The van der Waals surface area contributed by atoms with Gasteiger partial charge >= 0.3 is 0 Å². The van der Waals surface area contributed by atoms with Crippen LogP contribution in [0.1, 0.15) is 31.5 Å². The van der Waals surface area contributed by atoms with Crippen molar-refractivity contribution in [3.63, 3.8) is 0 Å². The monoisotopic (exact) mass is 351 g/mol. The maximum atomic E-state index is 13.1. The first-order chi connectivity index (χ1) is 12.2. The van der Waals surface area contributed by atoms with Gasteiger partial charge in [0, 0.05) is 36.5 Å². The quantitative estimate of drug-likeness (QED) is 0.848. The van der Waals surface area contributed by atoms with Gasteiger partial charge in [-0.3, -0.25) is 9.69 Å². The molecule has 0 bridgehead atoms. The zero-order valence-electron chi connectivity index (χ0n) is 15.3. The third-order valence-corrected chi connectivity index (χ3v) is 5.02. The van der Waals surface area contributed by atoms with Crippen molar-refractivity contribution < 1.29 is 9.53 Å². The molecular weight excluding hydrogens is 330 g/mol. The van der Waals surface area contributed by atoms with E-state index >= 15 is 0 Å². The molecule has 26 heavy (non-hydrogen) atoms. The van der Waals surface area contributed by atoms with Gasteiger partial charge in [0.25, 0.3) is 5.91 Å². The number of hydrogen-bond acceptors (Lipinski definition) is 6. The highest BCUT2D eigenvalue weighted by Gasteiger charge is 2.55. The number of aryl methyl sites for hydroxylation is 1. The molecule has 0 radical (unpaired) electrons. The van der Waals surface area contributed by atoms with Gasteiger partial charge in [0.15, 0.2) is 11.5 Å². The summed E-state index contributed by atoms with van der Waals surface area (Å²) in [6, 6.07) is 5.79. The molecule has 0 saturated heterocycles. The van der Waals surface area contributed by atoms with Crippen LogP contribution in [0.2, 0.25) is 0 Å². The molecule has 134 valence electrons. The van der Waals surface area contributed by atoms with Gasteiger partial charge in [-0.25, -0.2) is 15.0 Å². The van der Waals surface area contributed by atoms with E-state index in [0.29, 0.717) is 12.2 Å². The second kappa shape index (κ2) is 5.27. The van der Waals surface area contributed by atoms with Crippen molar-refractivity contribution in [2.45, 2.75) is 38.3 Å². The van der Waals surface area contributed by atoms with E-state index in [-0.39, 0.29) is 11.9 Å². The lowest BCUT2D eigenvalue weighted by Gasteiger charge is -2.41. The van der Waals surface area contributed by atoms with E-state index in [0.717, 1.165) is 22.4 Å². The topological polar surface area (TPSA) is 93.7 Å². The van der Waals surface area contributed by atoms with E-state index < -0.39 is 11.1 Å². The van der Waals surface area contributed by atoms with Crippen molar-refractivity contribution in [2.75, 3.05) is 7.05 Å². The predicted molar refractivity (Wildman–Crippen MR) is 97.6 cm³/mol. The summed E-state index contributed by atoms with van der Waals surface area (Å²) in [6.07, 6.45) is 3.71. The summed E-state index contributed by atoms with van der Waals surface area (Å²) in [5.41, 5.74) is 7.81. The number of ether oxygens (including phenoxy) is 1. The molecule has 1 atom stereocenters. The number of nitrogens with zero attached hydrogens (tertiary/aromatic N) is 4. The third-order valence-electron chi connectivity index (χ3n) is 5.02. The minimum absolute atomic E-state index is 0.134. The first-order valence-electron chi connectivity index (χ1n) is 8.47. The van der Waals surface area contributed by atoms with Crippen molar-refractivity contribution >= 4 is 11.9 Å². The molecule has 1 unspecified atom stereocenters. The number of fused-ring (bicyclic) bond motifs is 2. The fourth-order valence-electron chi connectivity index (χ4n) is 3.82. The summed E-state index contributed by atoms with van der Waals surface area (Å²) >= 11 is 0. The van der Waals surface area contributed by atoms with Crippen molar-refractivity contribution in [3.8, 4) is 16.9 Å². The molecule has 1 aromatic heterocycles. The second-order valence-corrected chi connectivity index (χ2v) is 7.47. The van der Waals surface area contributed by atoms with Crippen LogP contribution in [-0.2, 0) is 10.3 Å². The fraction of sp³-hybridized carbons (Fsp3) is 0.368. The Kier molecular flexibility index (Phi) is 3.34. The lowest BCUT2D eigenvalue weighted by Crippen LogP contribution is -2.49. The molecule has 0 aliphatic carbocycles. The zero-order chi connectivity index (χ0) is 18.7. The minimum Gasteiger partial charge on any atom is -0.487 e. The molecule has 7 heteroatoms. The number of carbonyl (C=O) groups is 1. The van der Waals surface area contributed by atoms with Gasteiger partial charge in [0.05, 0.1) is 0 Å². The Hall–Kier alpha value is -2.96. The van der Waals surface area contributed by atoms with Gasteiger partial charge in [0.1, 0.15) is 17.7 Å². The van der Waals surface area contributed by atoms with Gasteiger partial charge < -0.3 is 10.5 Å². The molecule has 0 fully saturated rings. The lowest BCUT2D eigenvalue weighted by molar-refractivity contribution is -0.133. The summed E-state index contributed by atoms with van der Waals surface area (Å²) in [5, 5.41) is 0. The SMILES string of the molecule is Cc1ncncc1-c1ccc2c(c1)C1(CC(C)(C)O2)N=C(N)N(C)C1=O. The Bertz CT molecular complexity index is 953. The van der Waals surface area contributed by atoms with E-state index in [4.69, 9.17) is 10.5 Å². The smallest absolute Gasteiger partial charge is 0.261 e. The average Bonchev–Trinajstić information content (AvgIpc) is 2.79. The molecule has 2 N–H and O–H groups in total. The van der Waals surface area contributed by atoms with Crippen molar-refractivity contribution in [1.29, 1.82) is 0 Å². The number of hydrogen-bond donors (Lipinski definition) is 1. The molecule has 4 rings (SSSR count). The molecule has 0 saturated carbocycles. The summed E-state index contributed by atoms with van der Waals surface area (Å²) < 4.78 is 6.13. The first kappa shape index (κ1) is 16.5. The van der Waals surface area contributed by atoms with Gasteiger partial charge in [0.2, 0.25) is 0 Å². The number of benzene rings is 1. The molecule has 3 heterocycles. The number of aliphatic imine (C=N–C) groups is 1. The number of likely N-dealkylation sites (N-methyl/N-ethyl adjacent to an activating group) is 1. The summed E-state index contributed by atoms with van der Waals surface area (Å²) in [7, 11) is 1.65. The molecule has 2 aromatic rings. The molecule has 7 nitrogen and oxygen atoms in total. The first-order valence-corrected chi connectivity index (χ1v) is 8.47. The molecule has 2 aliphatic heterocycles. The van der Waals surface area contributed by atoms with Crippen LogP contribution >= 0.6 is 0 Å². The second-order valence-electron chi connectivity index (χ2n) is 7.47. The van der Waals surface area contributed by atoms with E-state index in [9.17, 15) is 4.79 Å². The fourth-order valence-corrected chi connectivity index (χ4v) is 3.82. The van der Waals surface area contributed by atoms with Crippen LogP contribution < -0.4 is 10.5 Å². The Morgan fingerprint density at radius 2 is 2.08 bits per heavy atom. The Morgan fingerprint density at radius 1 is 1.31 bits per heavy atom. The maximum absolute atomic E-state index is 13.1. The Labute approximate surface area is 151 Å². The van der Waals surface area contributed by atoms with Crippen LogP contribution in [0.4, 0.5) is 0 Å². The Morgan fingerprint density at radius 3 is 2.73 bits per heavy atom. The number of guanidine groups is 1. The number of aromatic nitrogens is 2. The van der Waals surface area contributed by atoms with Gasteiger partial charge in [-0.15, -0.1) is 0 Å². The predicted octanol–water partition coefficient (Wildman–Crippen LogP) is 2.00. The van der Waals surface area contributed by atoms with Gasteiger partial charge in [-0.2, -0.15) is 0 Å². The van der Waals surface area contributed by atoms with Crippen LogP contribution in [0.25, 0.3) is 11.1 Å². The van der Waals surface area contributed by atoms with E-state index in [1.165, 1.54) is 11.2 Å². The van der Waals surface area contributed by atoms with Crippen molar-refractivity contribution in [3.05, 3.63) is 42.0 Å². The lowest BCUT2D eigenvalue weighted by atomic mass is 9.77. The number of amides is 1. The van der Waals surface area contributed by atoms with Crippen LogP contribution in [0.3, 0.4) is 0 Å². The number of nitrogens with two attached hydrogens (primary N) is 1. The van der Waals surface area contributed by atoms with Crippen molar-refractivity contribution in [2.24, 2.45) is 10.7 Å². The highest BCUT2D eigenvalue weighted by atomic mass is 16.5. The molecule has 1 aromatic carbocycles. The Balaban J connectivity index is 1.95. The minimum atomic E-state index is -1.06. The van der Waals surface area contributed by atoms with Gasteiger partial charge in [-0.1, -0.05) is 6.07 Å². The highest BCUT2D eigenvalue weighted by Crippen LogP contribution is 2.49. The van der Waals surface area contributed by atoms with Crippen LogP contribution in [0.5, 0.6) is 5.75 Å². The average molecular weight is 351 g/mol. The molecule has 1 spiro atoms. The van der Waals surface area contributed by atoms with Crippen molar-refractivity contribution in [1.82, 2.24) is 14.9 Å². The summed E-state index contributed by atoms with van der Waals surface area (Å²) in [6.45, 7) is 5.84. The maximum Gasteiger partial charge on any atom is 0.261 e. The standard InChI is InChI=1S/C19H21N5O2/c1-11-13(8-21-10-22-11)12-5-6-15-14(7-12)19(9-18(2,3)26-15)16(25)24(4)17(20)23-19/h5-8,10H,9H2,1-4H3,(H2,20,23). The summed E-state index contributed by atoms with van der Waals surface area (Å²) in [5.74, 6) is 0.744. The number of rotatable bonds is 1. The van der Waals surface area contributed by atoms with E-state index in [1.807, 2.05) is 39.0 Å². The third kappa shape index (κ3) is 2.27. The van der Waals surface area contributed by atoms with Crippen LogP contribution in [0.15, 0.2) is 35.7 Å². The van der Waals surface area contributed by atoms with E-state index in [1.54, 1.807) is 13.2 Å². The molecular formula is C19H21N5O2. The molecule has 1 amide bonds. The highest BCUT2D eigenvalue weighted by molar-refractivity contribution is 6.07.